The molecule has 0 saturated heterocycles. The maximum atomic E-state index is 11.9. The molecule has 154 valence electrons. The summed E-state index contributed by atoms with van der Waals surface area (Å²) in [4.78, 5) is 22.4. The second kappa shape index (κ2) is 8.80. The monoisotopic (exact) mass is 417 g/mol. The van der Waals surface area contributed by atoms with E-state index in [-0.39, 0.29) is 24.5 Å². The van der Waals surface area contributed by atoms with Crippen LogP contribution >= 0.6 is 11.6 Å². The molecule has 0 spiro atoms. The largest absolute Gasteiger partial charge is 0.480 e. The molecule has 1 aromatic carbocycles. The first kappa shape index (κ1) is 21.1. The van der Waals surface area contributed by atoms with Crippen molar-refractivity contribution < 1.29 is 19.4 Å². The van der Waals surface area contributed by atoms with Gasteiger partial charge in [0.2, 0.25) is 5.91 Å². The van der Waals surface area contributed by atoms with Crippen molar-refractivity contribution in [1.82, 2.24) is 15.1 Å². The highest BCUT2D eigenvalue weighted by Gasteiger charge is 2.27. The van der Waals surface area contributed by atoms with Gasteiger partial charge in [0.15, 0.2) is 0 Å². The van der Waals surface area contributed by atoms with Crippen molar-refractivity contribution >= 4 is 23.5 Å². The highest BCUT2D eigenvalue weighted by atomic mass is 35.5. The Morgan fingerprint density at radius 3 is 2.72 bits per heavy atom. The lowest BCUT2D eigenvalue weighted by molar-refractivity contribution is -0.143. The summed E-state index contributed by atoms with van der Waals surface area (Å²) in [6.45, 7) is 5.21. The number of hydrogen-bond donors (Lipinski definition) is 2. The van der Waals surface area contributed by atoms with Crippen molar-refractivity contribution in [3.8, 4) is 5.69 Å². The van der Waals surface area contributed by atoms with Crippen LogP contribution in [0, 0.1) is 20.8 Å². The molecular weight excluding hydrogens is 394 g/mol. The molecule has 3 rings (SSSR count). The van der Waals surface area contributed by atoms with E-state index in [1.165, 1.54) is 0 Å². The van der Waals surface area contributed by atoms with Gasteiger partial charge in [-0.05, 0) is 44.9 Å². The molecule has 0 bridgehead atoms. The predicted molar refractivity (Wildman–Crippen MR) is 110 cm³/mol. The molecule has 1 aliphatic rings. The number of benzene rings is 1. The van der Waals surface area contributed by atoms with Crippen LogP contribution in [0.25, 0.3) is 5.69 Å². The summed E-state index contributed by atoms with van der Waals surface area (Å²) in [5.74, 6) is -1.30. The van der Waals surface area contributed by atoms with Crippen molar-refractivity contribution in [3.05, 3.63) is 57.9 Å². The number of nitrogens with zero attached hydrogens (tertiary/aromatic N) is 2. The van der Waals surface area contributed by atoms with E-state index in [4.69, 9.17) is 26.5 Å². The van der Waals surface area contributed by atoms with Gasteiger partial charge in [0, 0.05) is 28.2 Å². The van der Waals surface area contributed by atoms with Gasteiger partial charge >= 0.3 is 5.97 Å². The minimum Gasteiger partial charge on any atom is -0.480 e. The predicted octanol–water partition coefficient (Wildman–Crippen LogP) is 3.08. The van der Waals surface area contributed by atoms with Gasteiger partial charge in [-0.15, -0.1) is 0 Å². The third kappa shape index (κ3) is 4.86. The molecule has 1 heterocycles. The Morgan fingerprint density at radius 1 is 1.28 bits per heavy atom. The van der Waals surface area contributed by atoms with E-state index in [0.717, 1.165) is 28.2 Å². The lowest BCUT2D eigenvalue weighted by Crippen LogP contribution is -2.35. The average molecular weight is 418 g/mol. The molecule has 1 aromatic heterocycles. The maximum Gasteiger partial charge on any atom is 0.329 e. The fourth-order valence-electron chi connectivity index (χ4n) is 3.66. The van der Waals surface area contributed by atoms with Crippen LogP contribution in [0.4, 0.5) is 0 Å². The van der Waals surface area contributed by atoms with Crippen LogP contribution in [0.15, 0.2) is 30.4 Å². The average Bonchev–Trinajstić information content (AvgIpc) is 3.20. The van der Waals surface area contributed by atoms with Crippen LogP contribution in [0.1, 0.15) is 34.9 Å². The van der Waals surface area contributed by atoms with Crippen molar-refractivity contribution in [3.63, 3.8) is 0 Å². The van der Waals surface area contributed by atoms with Crippen LogP contribution in [-0.2, 0) is 14.3 Å². The lowest BCUT2D eigenvalue weighted by atomic mass is 9.96. The molecule has 7 nitrogen and oxygen atoms in total. The zero-order valence-corrected chi connectivity index (χ0v) is 17.4. The Bertz CT molecular complexity index is 967. The normalized spacial score (nSPS) is 18.2. The van der Waals surface area contributed by atoms with E-state index in [1.807, 2.05) is 49.7 Å². The zero-order valence-electron chi connectivity index (χ0n) is 16.6. The number of aliphatic carboxylic acids is 1. The van der Waals surface area contributed by atoms with E-state index >= 15 is 0 Å². The Balaban J connectivity index is 1.68. The quantitative estimate of drug-likeness (QED) is 0.675. The first-order chi connectivity index (χ1) is 13.8. The summed E-state index contributed by atoms with van der Waals surface area (Å²) in [5.41, 5.74) is 5.04. The number of halogens is 1. The first-order valence-electron chi connectivity index (χ1n) is 9.36. The number of rotatable bonds is 7. The molecule has 1 amide bonds. The molecular formula is C21H24ClN3O4. The molecule has 2 N–H and O–H groups in total. The van der Waals surface area contributed by atoms with Crippen LogP contribution < -0.4 is 5.32 Å². The number of ether oxygens (including phenoxy) is 1. The van der Waals surface area contributed by atoms with Gasteiger partial charge < -0.3 is 15.2 Å². The summed E-state index contributed by atoms with van der Waals surface area (Å²) in [7, 11) is 0. The molecule has 0 fully saturated rings. The minimum atomic E-state index is -1.10. The maximum absolute atomic E-state index is 11.9. The van der Waals surface area contributed by atoms with Crippen LogP contribution in [0.5, 0.6) is 0 Å². The second-order valence-corrected chi connectivity index (χ2v) is 7.62. The first-order valence-corrected chi connectivity index (χ1v) is 9.74. The molecule has 1 aliphatic carbocycles. The van der Waals surface area contributed by atoms with Gasteiger partial charge in [0.25, 0.3) is 0 Å². The number of nitrogens with one attached hydrogen (secondary N) is 1. The van der Waals surface area contributed by atoms with Gasteiger partial charge in [-0.2, -0.15) is 5.10 Å². The fraction of sp³-hybridized carbons (Fsp3) is 0.381. The van der Waals surface area contributed by atoms with Crippen molar-refractivity contribution in [2.75, 3.05) is 13.2 Å². The molecule has 29 heavy (non-hydrogen) atoms. The molecule has 2 aromatic rings. The Morgan fingerprint density at radius 2 is 2.03 bits per heavy atom. The van der Waals surface area contributed by atoms with Gasteiger partial charge in [-0.3, -0.25) is 4.79 Å². The summed E-state index contributed by atoms with van der Waals surface area (Å²) in [6, 6.07) is 5.75. The molecule has 0 radical (unpaired) electrons. The molecule has 2 atom stereocenters. The third-order valence-electron chi connectivity index (χ3n) is 5.01. The van der Waals surface area contributed by atoms with Gasteiger partial charge in [0.05, 0.1) is 11.4 Å². The highest BCUT2D eigenvalue weighted by molar-refractivity contribution is 6.31. The lowest BCUT2D eigenvalue weighted by Gasteiger charge is -2.15. The third-order valence-corrected chi connectivity index (χ3v) is 5.41. The van der Waals surface area contributed by atoms with Crippen molar-refractivity contribution in [2.45, 2.75) is 39.2 Å². The number of aromatic nitrogens is 2. The number of aryl methyl sites for hydroxylation is 2. The summed E-state index contributed by atoms with van der Waals surface area (Å²) in [5, 5.41) is 16.8. The number of carbonyl (C=O) groups excluding carboxylic acids is 1. The van der Waals surface area contributed by atoms with E-state index in [0.29, 0.717) is 11.4 Å². The Labute approximate surface area is 174 Å². The SMILES string of the molecule is Cc1ccc(-n2nc(C)c(C3C=CC(NC(=O)COCC(=O)O)C3)c2C)cc1Cl. The standard InChI is InChI=1S/C21H24ClN3O4/c1-12-4-7-17(9-18(12)22)25-14(3)21(13(2)24-25)15-5-6-16(8-15)23-19(26)10-29-11-20(27)28/h4-7,9,15-16H,8,10-11H2,1-3H3,(H,23,26)(H,27,28). The van der Waals surface area contributed by atoms with Crippen molar-refractivity contribution in [2.24, 2.45) is 0 Å². The smallest absolute Gasteiger partial charge is 0.329 e. The van der Waals surface area contributed by atoms with Crippen LogP contribution in [-0.4, -0.2) is 46.0 Å². The molecule has 8 heteroatoms. The number of allylic oxidation sites excluding steroid dienone is 1. The fourth-order valence-corrected chi connectivity index (χ4v) is 3.83. The van der Waals surface area contributed by atoms with Gasteiger partial charge in [-0.25, -0.2) is 9.48 Å². The second-order valence-electron chi connectivity index (χ2n) is 7.22. The van der Waals surface area contributed by atoms with Gasteiger partial charge in [-0.1, -0.05) is 29.8 Å². The highest BCUT2D eigenvalue weighted by Crippen LogP contribution is 2.34. The van der Waals surface area contributed by atoms with Crippen LogP contribution in [0.3, 0.4) is 0 Å². The van der Waals surface area contributed by atoms with E-state index in [2.05, 4.69) is 11.4 Å². The Kier molecular flexibility index (Phi) is 6.39. The summed E-state index contributed by atoms with van der Waals surface area (Å²) >= 11 is 6.28. The molecule has 0 aliphatic heterocycles. The summed E-state index contributed by atoms with van der Waals surface area (Å²) < 4.78 is 6.73. The van der Waals surface area contributed by atoms with E-state index in [9.17, 15) is 9.59 Å². The van der Waals surface area contributed by atoms with E-state index < -0.39 is 12.6 Å². The number of hydrogen-bond acceptors (Lipinski definition) is 4. The molecule has 0 saturated carbocycles. The summed E-state index contributed by atoms with van der Waals surface area (Å²) in [6.07, 6.45) is 4.75. The van der Waals surface area contributed by atoms with Crippen molar-refractivity contribution in [1.29, 1.82) is 0 Å². The number of carboxylic acids is 1. The minimum absolute atomic E-state index is 0.128. The zero-order chi connectivity index (χ0) is 21.1. The topological polar surface area (TPSA) is 93.5 Å². The molecule has 2 unspecified atom stereocenters. The van der Waals surface area contributed by atoms with E-state index in [1.54, 1.807) is 0 Å². The number of carboxylic acid groups (broad SMARTS) is 1. The van der Waals surface area contributed by atoms with Gasteiger partial charge in [0.1, 0.15) is 13.2 Å². The van der Waals surface area contributed by atoms with Crippen LogP contribution in [0.2, 0.25) is 5.02 Å². The number of amides is 1. The number of carbonyl (C=O) groups is 2. The Hall–Kier alpha value is -2.64.